The van der Waals surface area contributed by atoms with Crippen LogP contribution in [0.1, 0.15) is 12.0 Å². The zero-order valence-corrected chi connectivity index (χ0v) is 9.28. The maximum Gasteiger partial charge on any atom is 0.264 e. The number of aryl methyl sites for hydroxylation is 1. The number of hydrogen-bond acceptors (Lipinski definition) is 2. The second-order valence-corrected chi connectivity index (χ2v) is 4.96. The molecule has 1 rings (SSSR count). The van der Waals surface area contributed by atoms with Crippen LogP contribution < -0.4 is 0 Å². The highest BCUT2D eigenvalue weighted by Gasteiger charge is 2.03. The molecular formula is C10H15NO3S. The Balaban J connectivity index is 2.41. The Morgan fingerprint density at radius 3 is 2.87 bits per heavy atom. The van der Waals surface area contributed by atoms with Gasteiger partial charge in [0.25, 0.3) is 10.1 Å². The summed E-state index contributed by atoms with van der Waals surface area (Å²) >= 11 is 0. The van der Waals surface area contributed by atoms with Crippen molar-refractivity contribution >= 4 is 10.1 Å². The zero-order valence-electron chi connectivity index (χ0n) is 8.46. The molecule has 0 aliphatic carbocycles. The summed E-state index contributed by atoms with van der Waals surface area (Å²) in [6.45, 7) is 4.23. The fourth-order valence-corrected chi connectivity index (χ4v) is 1.84. The van der Waals surface area contributed by atoms with Crippen molar-refractivity contribution in [3.8, 4) is 0 Å². The lowest BCUT2D eigenvalue weighted by Crippen LogP contribution is -2.07. The van der Waals surface area contributed by atoms with E-state index in [1.165, 1.54) is 0 Å². The molecule has 0 unspecified atom stereocenters. The van der Waals surface area contributed by atoms with Crippen molar-refractivity contribution in [3.63, 3.8) is 0 Å². The molecule has 0 atom stereocenters. The molecule has 0 radical (unpaired) electrons. The van der Waals surface area contributed by atoms with Crippen LogP contribution in [0.3, 0.4) is 0 Å². The largest absolute Gasteiger partial charge is 0.354 e. The molecule has 0 bridgehead atoms. The minimum Gasteiger partial charge on any atom is -0.354 e. The molecule has 84 valence electrons. The van der Waals surface area contributed by atoms with Gasteiger partial charge in [0.05, 0.1) is 5.75 Å². The minimum atomic E-state index is -3.83. The van der Waals surface area contributed by atoms with Crippen LogP contribution in [0, 0.1) is 0 Å². The van der Waals surface area contributed by atoms with Gasteiger partial charge in [-0.3, -0.25) is 4.55 Å². The predicted octanol–water partition coefficient (Wildman–Crippen LogP) is 1.49. The summed E-state index contributed by atoms with van der Waals surface area (Å²) in [7, 11) is -3.83. The summed E-state index contributed by atoms with van der Waals surface area (Å²) in [6, 6.07) is 1.97. The maximum atomic E-state index is 10.5. The third kappa shape index (κ3) is 4.80. The Bertz CT molecular complexity index is 420. The molecule has 0 saturated carbocycles. The smallest absolute Gasteiger partial charge is 0.264 e. The maximum absolute atomic E-state index is 10.5. The van der Waals surface area contributed by atoms with Crippen LogP contribution in [0.4, 0.5) is 0 Å². The average molecular weight is 229 g/mol. The molecule has 15 heavy (non-hydrogen) atoms. The molecule has 1 heterocycles. The van der Waals surface area contributed by atoms with Gasteiger partial charge in [-0.05, 0) is 24.5 Å². The van der Waals surface area contributed by atoms with Gasteiger partial charge in [0, 0.05) is 18.9 Å². The van der Waals surface area contributed by atoms with E-state index < -0.39 is 10.1 Å². The molecule has 1 N–H and O–H groups in total. The van der Waals surface area contributed by atoms with E-state index in [4.69, 9.17) is 4.55 Å². The average Bonchev–Trinajstić information content (AvgIpc) is 2.51. The van der Waals surface area contributed by atoms with Gasteiger partial charge in [0.2, 0.25) is 0 Å². The summed E-state index contributed by atoms with van der Waals surface area (Å²) in [5, 5.41) is 0. The van der Waals surface area contributed by atoms with Crippen molar-refractivity contribution in [2.24, 2.45) is 0 Å². The Morgan fingerprint density at radius 2 is 2.27 bits per heavy atom. The van der Waals surface area contributed by atoms with Crippen molar-refractivity contribution in [1.29, 1.82) is 0 Å². The van der Waals surface area contributed by atoms with Crippen LogP contribution in [0.2, 0.25) is 0 Å². The van der Waals surface area contributed by atoms with Crippen molar-refractivity contribution in [2.45, 2.75) is 19.4 Å². The first-order valence-corrected chi connectivity index (χ1v) is 6.33. The molecule has 0 aliphatic heterocycles. The third-order valence-electron chi connectivity index (χ3n) is 2.01. The zero-order chi connectivity index (χ0) is 11.3. The molecule has 1 aromatic rings. The summed E-state index contributed by atoms with van der Waals surface area (Å²) in [5.41, 5.74) is 1.15. The summed E-state index contributed by atoms with van der Waals surface area (Å²) in [4.78, 5) is 0. The molecule has 0 fully saturated rings. The highest BCUT2D eigenvalue weighted by atomic mass is 32.2. The quantitative estimate of drug-likeness (QED) is 0.594. The summed E-state index contributed by atoms with van der Waals surface area (Å²) < 4.78 is 31.4. The van der Waals surface area contributed by atoms with E-state index in [1.807, 2.05) is 29.1 Å². The van der Waals surface area contributed by atoms with Gasteiger partial charge in [-0.15, -0.1) is 6.58 Å². The summed E-state index contributed by atoms with van der Waals surface area (Å²) in [6.07, 6.45) is 6.89. The number of nitrogens with zero attached hydrogens (tertiary/aromatic N) is 1. The van der Waals surface area contributed by atoms with Crippen LogP contribution >= 0.6 is 0 Å². The van der Waals surface area contributed by atoms with Gasteiger partial charge in [-0.25, -0.2) is 0 Å². The van der Waals surface area contributed by atoms with E-state index in [0.29, 0.717) is 13.0 Å². The first-order chi connectivity index (χ1) is 7.01. The van der Waals surface area contributed by atoms with Crippen LogP contribution in [-0.2, 0) is 23.1 Å². The van der Waals surface area contributed by atoms with Crippen molar-refractivity contribution < 1.29 is 13.0 Å². The highest BCUT2D eigenvalue weighted by molar-refractivity contribution is 7.85. The molecule has 0 aromatic carbocycles. The molecule has 0 spiro atoms. The number of aromatic nitrogens is 1. The van der Waals surface area contributed by atoms with E-state index in [9.17, 15) is 8.42 Å². The van der Waals surface area contributed by atoms with E-state index in [2.05, 4.69) is 6.58 Å². The predicted molar refractivity (Wildman–Crippen MR) is 59.4 cm³/mol. The molecule has 5 heteroatoms. The van der Waals surface area contributed by atoms with Crippen LogP contribution in [0.15, 0.2) is 31.1 Å². The SMILES string of the molecule is C=CCc1ccn(CCCS(=O)(=O)O)c1. The van der Waals surface area contributed by atoms with Crippen molar-refractivity contribution in [2.75, 3.05) is 5.75 Å². The van der Waals surface area contributed by atoms with Gasteiger partial charge >= 0.3 is 0 Å². The van der Waals surface area contributed by atoms with Crippen molar-refractivity contribution in [3.05, 3.63) is 36.7 Å². The normalized spacial score (nSPS) is 11.5. The number of allylic oxidation sites excluding steroid dienone is 1. The summed E-state index contributed by atoms with van der Waals surface area (Å²) in [5.74, 6) is -0.192. The fourth-order valence-electron chi connectivity index (χ4n) is 1.35. The second kappa shape index (κ2) is 5.14. The first kappa shape index (κ1) is 12.0. The standard InChI is InChI=1S/C10H15NO3S/c1-2-4-10-5-7-11(9-10)6-3-8-15(12,13)14/h2,5,7,9H,1,3-4,6,8H2,(H,12,13,14). The Hall–Kier alpha value is -1.07. The molecule has 0 aliphatic rings. The van der Waals surface area contributed by atoms with Crippen LogP contribution in [-0.4, -0.2) is 23.3 Å². The van der Waals surface area contributed by atoms with E-state index in [1.54, 1.807) is 0 Å². The molecule has 0 amide bonds. The Morgan fingerprint density at radius 1 is 1.53 bits per heavy atom. The Labute approximate surface area is 90.0 Å². The monoisotopic (exact) mass is 229 g/mol. The molecule has 0 saturated heterocycles. The highest BCUT2D eigenvalue weighted by Crippen LogP contribution is 2.04. The molecular weight excluding hydrogens is 214 g/mol. The van der Waals surface area contributed by atoms with Gasteiger partial charge < -0.3 is 4.57 Å². The van der Waals surface area contributed by atoms with Gasteiger partial charge in [0.1, 0.15) is 0 Å². The topological polar surface area (TPSA) is 59.3 Å². The van der Waals surface area contributed by atoms with Gasteiger partial charge in [-0.1, -0.05) is 6.08 Å². The second-order valence-electron chi connectivity index (χ2n) is 3.39. The van der Waals surface area contributed by atoms with Gasteiger partial charge in [0.15, 0.2) is 0 Å². The van der Waals surface area contributed by atoms with Crippen LogP contribution in [0.25, 0.3) is 0 Å². The van der Waals surface area contributed by atoms with E-state index >= 15 is 0 Å². The number of rotatable bonds is 6. The lowest BCUT2D eigenvalue weighted by atomic mass is 10.2. The molecule has 1 aromatic heterocycles. The van der Waals surface area contributed by atoms with E-state index in [-0.39, 0.29) is 5.75 Å². The minimum absolute atomic E-state index is 0.192. The Kier molecular flexibility index (Phi) is 4.11. The van der Waals surface area contributed by atoms with E-state index in [0.717, 1.165) is 12.0 Å². The molecule has 4 nitrogen and oxygen atoms in total. The fraction of sp³-hybridized carbons (Fsp3) is 0.400. The van der Waals surface area contributed by atoms with Crippen LogP contribution in [0.5, 0.6) is 0 Å². The first-order valence-electron chi connectivity index (χ1n) is 4.72. The lowest BCUT2D eigenvalue weighted by Gasteiger charge is -2.00. The third-order valence-corrected chi connectivity index (χ3v) is 2.81. The number of hydrogen-bond donors (Lipinski definition) is 1. The van der Waals surface area contributed by atoms with Gasteiger partial charge in [-0.2, -0.15) is 8.42 Å². The lowest BCUT2D eigenvalue weighted by molar-refractivity contribution is 0.478. The van der Waals surface area contributed by atoms with Crippen molar-refractivity contribution in [1.82, 2.24) is 4.57 Å².